The van der Waals surface area contributed by atoms with Gasteiger partial charge in [0.2, 0.25) is 5.91 Å². The summed E-state index contributed by atoms with van der Waals surface area (Å²) in [4.78, 5) is 23.6. The van der Waals surface area contributed by atoms with Crippen LogP contribution in [0.2, 0.25) is 0 Å². The van der Waals surface area contributed by atoms with Gasteiger partial charge in [-0.1, -0.05) is 0 Å². The summed E-state index contributed by atoms with van der Waals surface area (Å²) in [6.07, 6.45) is 4.63. The average molecular weight is 417 g/mol. The van der Waals surface area contributed by atoms with Gasteiger partial charge in [-0.2, -0.15) is 0 Å². The number of hydrogen-bond donors (Lipinski definition) is 3. The van der Waals surface area contributed by atoms with E-state index in [1.165, 1.54) is 6.07 Å². The lowest BCUT2D eigenvalue weighted by atomic mass is 10.1. The molecule has 2 heterocycles. The number of halogens is 1. The molecule has 3 N–H and O–H groups in total. The van der Waals surface area contributed by atoms with Gasteiger partial charge in [0, 0.05) is 63.4 Å². The van der Waals surface area contributed by atoms with Crippen LogP contribution in [0.1, 0.15) is 25.3 Å². The van der Waals surface area contributed by atoms with Crippen molar-refractivity contribution in [2.24, 2.45) is 4.99 Å². The Bertz CT molecular complexity index is 870. The van der Waals surface area contributed by atoms with Gasteiger partial charge < -0.3 is 20.5 Å². The van der Waals surface area contributed by atoms with Crippen molar-refractivity contribution >= 4 is 22.8 Å². The van der Waals surface area contributed by atoms with Crippen LogP contribution in [0.25, 0.3) is 10.9 Å². The molecule has 30 heavy (non-hydrogen) atoms. The molecule has 7 nitrogen and oxygen atoms in total. The molecular formula is C22H33FN6O. The number of amides is 1. The monoisotopic (exact) mass is 416 g/mol. The van der Waals surface area contributed by atoms with Crippen molar-refractivity contribution < 1.29 is 9.18 Å². The van der Waals surface area contributed by atoms with E-state index >= 15 is 0 Å². The number of benzene rings is 1. The molecule has 1 saturated heterocycles. The molecule has 2 aromatic rings. The molecule has 0 unspecified atom stereocenters. The summed E-state index contributed by atoms with van der Waals surface area (Å²) in [7, 11) is 3.59. The van der Waals surface area contributed by atoms with Crippen molar-refractivity contribution in [1.29, 1.82) is 0 Å². The maximum atomic E-state index is 13.6. The molecule has 0 bridgehead atoms. The Morgan fingerprint density at radius 2 is 2.10 bits per heavy atom. The minimum absolute atomic E-state index is 0.147. The number of hydrogen-bond acceptors (Lipinski definition) is 3. The Balaban J connectivity index is 1.51. The number of fused-ring (bicyclic) bond motifs is 1. The smallest absolute Gasteiger partial charge is 0.236 e. The number of piperidine rings is 1. The van der Waals surface area contributed by atoms with Crippen molar-refractivity contribution in [2.45, 2.75) is 32.2 Å². The highest BCUT2D eigenvalue weighted by Gasteiger charge is 2.22. The fraction of sp³-hybridized carbons (Fsp3) is 0.545. The van der Waals surface area contributed by atoms with Crippen molar-refractivity contribution in [3.8, 4) is 0 Å². The van der Waals surface area contributed by atoms with E-state index in [1.807, 2.05) is 6.20 Å². The van der Waals surface area contributed by atoms with Crippen LogP contribution in [-0.2, 0) is 11.2 Å². The number of guanidine groups is 1. The first-order valence-electron chi connectivity index (χ1n) is 10.7. The predicted molar refractivity (Wildman–Crippen MR) is 119 cm³/mol. The third-order valence-corrected chi connectivity index (χ3v) is 5.51. The van der Waals surface area contributed by atoms with E-state index in [2.05, 4.69) is 27.4 Å². The van der Waals surface area contributed by atoms with E-state index in [0.29, 0.717) is 19.1 Å². The highest BCUT2D eigenvalue weighted by atomic mass is 19.1. The van der Waals surface area contributed by atoms with Gasteiger partial charge in [-0.3, -0.25) is 14.7 Å². The highest BCUT2D eigenvalue weighted by Crippen LogP contribution is 2.19. The van der Waals surface area contributed by atoms with Gasteiger partial charge in [-0.05, 0) is 49.9 Å². The molecule has 1 aliphatic rings. The zero-order valence-electron chi connectivity index (χ0n) is 18.2. The number of aromatic nitrogens is 1. The van der Waals surface area contributed by atoms with Gasteiger partial charge in [-0.15, -0.1) is 0 Å². The minimum Gasteiger partial charge on any atom is -0.361 e. The van der Waals surface area contributed by atoms with E-state index in [0.717, 1.165) is 61.3 Å². The fourth-order valence-corrected chi connectivity index (χ4v) is 3.73. The molecule has 0 radical (unpaired) electrons. The molecule has 1 fully saturated rings. The molecule has 1 aliphatic heterocycles. The van der Waals surface area contributed by atoms with Gasteiger partial charge in [-0.25, -0.2) is 4.39 Å². The largest absolute Gasteiger partial charge is 0.361 e. The van der Waals surface area contributed by atoms with E-state index in [-0.39, 0.29) is 11.7 Å². The number of rotatable bonds is 7. The Kier molecular flexibility index (Phi) is 7.68. The van der Waals surface area contributed by atoms with Gasteiger partial charge in [0.25, 0.3) is 0 Å². The highest BCUT2D eigenvalue weighted by molar-refractivity contribution is 5.83. The number of nitrogens with zero attached hydrogens (tertiary/aromatic N) is 3. The number of H-pyrrole nitrogens is 1. The maximum Gasteiger partial charge on any atom is 0.236 e. The van der Waals surface area contributed by atoms with Crippen molar-refractivity contribution in [2.75, 3.05) is 46.8 Å². The van der Waals surface area contributed by atoms with Crippen LogP contribution in [0.4, 0.5) is 4.39 Å². The van der Waals surface area contributed by atoms with Gasteiger partial charge in [0.05, 0.1) is 6.54 Å². The van der Waals surface area contributed by atoms with Crippen LogP contribution in [0.5, 0.6) is 0 Å². The molecule has 0 aliphatic carbocycles. The first-order chi connectivity index (χ1) is 14.5. The topological polar surface area (TPSA) is 75.8 Å². The van der Waals surface area contributed by atoms with Crippen LogP contribution in [0, 0.1) is 5.82 Å². The number of carbonyl (C=O) groups excluding carboxylic acids is 1. The van der Waals surface area contributed by atoms with Gasteiger partial charge >= 0.3 is 0 Å². The van der Waals surface area contributed by atoms with Crippen LogP contribution < -0.4 is 10.6 Å². The molecule has 164 valence electrons. The maximum absolute atomic E-state index is 13.6. The quantitative estimate of drug-likeness (QED) is 0.476. The Labute approximate surface area is 177 Å². The number of likely N-dealkylation sites (tertiary alicyclic amines) is 1. The SMILES string of the molecule is CCNC(=NCCc1c[nH]c2ccc(F)cc12)NC1CCN(CC(=O)N(C)C)CC1. The number of likely N-dealkylation sites (N-methyl/N-ethyl adjacent to an activating group) is 1. The van der Waals surface area contributed by atoms with E-state index < -0.39 is 0 Å². The van der Waals surface area contributed by atoms with Crippen molar-refractivity contribution in [3.63, 3.8) is 0 Å². The first kappa shape index (κ1) is 22.1. The lowest BCUT2D eigenvalue weighted by Gasteiger charge is -2.33. The van der Waals surface area contributed by atoms with Crippen LogP contribution >= 0.6 is 0 Å². The molecular weight excluding hydrogens is 383 g/mol. The van der Waals surface area contributed by atoms with Crippen LogP contribution in [0.15, 0.2) is 29.4 Å². The molecule has 3 rings (SSSR count). The lowest BCUT2D eigenvalue weighted by Crippen LogP contribution is -2.50. The van der Waals surface area contributed by atoms with Crippen LogP contribution in [0.3, 0.4) is 0 Å². The summed E-state index contributed by atoms with van der Waals surface area (Å²) in [5, 5.41) is 7.76. The van der Waals surface area contributed by atoms with E-state index in [9.17, 15) is 9.18 Å². The number of aliphatic imine (C=N–C) groups is 1. The average Bonchev–Trinajstić information content (AvgIpc) is 3.11. The molecule has 1 aromatic heterocycles. The number of nitrogens with one attached hydrogen (secondary N) is 3. The second-order valence-electron chi connectivity index (χ2n) is 8.00. The summed E-state index contributed by atoms with van der Waals surface area (Å²) in [6.45, 7) is 5.75. The predicted octanol–water partition coefficient (Wildman–Crippen LogP) is 1.96. The molecule has 1 amide bonds. The molecule has 0 atom stereocenters. The van der Waals surface area contributed by atoms with Crippen molar-refractivity contribution in [1.82, 2.24) is 25.4 Å². The normalized spacial score (nSPS) is 16.1. The molecule has 1 aromatic carbocycles. The fourth-order valence-electron chi connectivity index (χ4n) is 3.73. The second kappa shape index (κ2) is 10.4. The number of aromatic amines is 1. The first-order valence-corrected chi connectivity index (χ1v) is 10.7. The summed E-state index contributed by atoms with van der Waals surface area (Å²) in [5.41, 5.74) is 2.02. The molecule has 8 heteroatoms. The molecule has 0 spiro atoms. The minimum atomic E-state index is -0.222. The number of carbonyl (C=O) groups is 1. The Morgan fingerprint density at radius 1 is 1.33 bits per heavy atom. The van der Waals surface area contributed by atoms with Crippen LogP contribution in [-0.4, -0.2) is 79.5 Å². The summed E-state index contributed by atoms with van der Waals surface area (Å²) >= 11 is 0. The summed E-state index contributed by atoms with van der Waals surface area (Å²) in [5.74, 6) is 0.736. The van der Waals surface area contributed by atoms with Gasteiger partial charge in [0.15, 0.2) is 5.96 Å². The standard InChI is InChI=1S/C22H33FN6O/c1-4-24-22(27-18-8-11-29(12-9-18)15-21(30)28(2)3)25-10-7-16-14-26-20-6-5-17(23)13-19(16)20/h5-6,13-14,18,26H,4,7-12,15H2,1-3H3,(H2,24,25,27). The third kappa shape index (κ3) is 5.95. The third-order valence-electron chi connectivity index (χ3n) is 5.51. The summed E-state index contributed by atoms with van der Waals surface area (Å²) < 4.78 is 13.6. The van der Waals surface area contributed by atoms with E-state index in [1.54, 1.807) is 31.1 Å². The van der Waals surface area contributed by atoms with Gasteiger partial charge in [0.1, 0.15) is 5.82 Å². The Morgan fingerprint density at radius 3 is 2.80 bits per heavy atom. The molecule has 0 saturated carbocycles. The zero-order valence-corrected chi connectivity index (χ0v) is 18.2. The van der Waals surface area contributed by atoms with Crippen molar-refractivity contribution in [3.05, 3.63) is 35.8 Å². The Hall–Kier alpha value is -2.61. The van der Waals surface area contributed by atoms with E-state index in [4.69, 9.17) is 4.99 Å². The summed E-state index contributed by atoms with van der Waals surface area (Å²) in [6, 6.07) is 5.15. The second-order valence-corrected chi connectivity index (χ2v) is 8.00. The lowest BCUT2D eigenvalue weighted by molar-refractivity contribution is -0.130. The zero-order chi connectivity index (χ0) is 21.5.